The number of nitrogens with zero attached hydrogens (tertiary/aromatic N) is 1. The summed E-state index contributed by atoms with van der Waals surface area (Å²) in [5.74, 6) is 0. The maximum absolute atomic E-state index is 5.69. The van der Waals surface area contributed by atoms with E-state index in [1.165, 1.54) is 55.5 Å². The number of rotatable bonds is 2. The first-order chi connectivity index (χ1) is 7.88. The maximum Gasteiger partial charge on any atom is 0.0402 e. The molecule has 0 atom stereocenters. The van der Waals surface area contributed by atoms with Gasteiger partial charge in [0.05, 0.1) is 0 Å². The first kappa shape index (κ1) is 10.2. The van der Waals surface area contributed by atoms with Crippen molar-refractivity contribution in [3.8, 4) is 0 Å². The van der Waals surface area contributed by atoms with Gasteiger partial charge in [-0.1, -0.05) is 25.0 Å². The fourth-order valence-corrected chi connectivity index (χ4v) is 3.20. The van der Waals surface area contributed by atoms with E-state index in [1.54, 1.807) is 0 Å². The van der Waals surface area contributed by atoms with Gasteiger partial charge in [0.15, 0.2) is 0 Å². The second-order valence-electron chi connectivity index (χ2n) is 5.05. The van der Waals surface area contributed by atoms with Gasteiger partial charge in [-0.2, -0.15) is 0 Å². The molecule has 0 aromatic heterocycles. The topological polar surface area (TPSA) is 29.3 Å². The van der Waals surface area contributed by atoms with Crippen molar-refractivity contribution in [1.82, 2.24) is 0 Å². The lowest BCUT2D eigenvalue weighted by atomic mass is 10.1. The SMILES string of the molecule is NCc1ccc2c(c1)CCN2C1CCCC1. The highest BCUT2D eigenvalue weighted by molar-refractivity contribution is 5.60. The van der Waals surface area contributed by atoms with Crippen molar-refractivity contribution in [3.05, 3.63) is 29.3 Å². The molecule has 1 fully saturated rings. The third-order valence-electron chi connectivity index (χ3n) is 4.08. The van der Waals surface area contributed by atoms with Crippen LogP contribution < -0.4 is 10.6 Å². The monoisotopic (exact) mass is 216 g/mol. The van der Waals surface area contributed by atoms with E-state index < -0.39 is 0 Å². The van der Waals surface area contributed by atoms with Gasteiger partial charge < -0.3 is 10.6 Å². The largest absolute Gasteiger partial charge is 0.368 e. The van der Waals surface area contributed by atoms with Gasteiger partial charge >= 0.3 is 0 Å². The van der Waals surface area contributed by atoms with Crippen molar-refractivity contribution >= 4 is 5.69 Å². The minimum absolute atomic E-state index is 0.663. The van der Waals surface area contributed by atoms with Crippen LogP contribution >= 0.6 is 0 Å². The molecule has 2 heteroatoms. The summed E-state index contributed by atoms with van der Waals surface area (Å²) in [6.45, 7) is 1.88. The third kappa shape index (κ3) is 1.61. The molecule has 1 heterocycles. The molecule has 2 aliphatic rings. The standard InChI is InChI=1S/C14H20N2/c15-10-11-5-6-14-12(9-11)7-8-16(14)13-3-1-2-4-13/h5-6,9,13H,1-4,7-8,10,15H2. The molecule has 0 saturated heterocycles. The summed E-state index contributed by atoms with van der Waals surface area (Å²) in [5.41, 5.74) is 9.94. The average molecular weight is 216 g/mol. The second kappa shape index (κ2) is 4.10. The zero-order valence-corrected chi connectivity index (χ0v) is 9.78. The van der Waals surface area contributed by atoms with E-state index in [9.17, 15) is 0 Å². The van der Waals surface area contributed by atoms with E-state index in [0.717, 1.165) is 6.04 Å². The van der Waals surface area contributed by atoms with E-state index in [2.05, 4.69) is 23.1 Å². The smallest absolute Gasteiger partial charge is 0.0402 e. The lowest BCUT2D eigenvalue weighted by molar-refractivity contribution is 0.625. The van der Waals surface area contributed by atoms with Crippen molar-refractivity contribution in [2.75, 3.05) is 11.4 Å². The normalized spacial score (nSPS) is 20.4. The zero-order chi connectivity index (χ0) is 11.0. The van der Waals surface area contributed by atoms with Crippen LogP contribution in [0.1, 0.15) is 36.8 Å². The van der Waals surface area contributed by atoms with Gasteiger partial charge in [-0.15, -0.1) is 0 Å². The summed E-state index contributed by atoms with van der Waals surface area (Å²) in [6.07, 6.45) is 6.81. The Morgan fingerprint density at radius 3 is 2.81 bits per heavy atom. The van der Waals surface area contributed by atoms with Crippen molar-refractivity contribution < 1.29 is 0 Å². The van der Waals surface area contributed by atoms with Crippen molar-refractivity contribution in [2.45, 2.75) is 44.7 Å². The zero-order valence-electron chi connectivity index (χ0n) is 9.78. The van der Waals surface area contributed by atoms with Crippen molar-refractivity contribution in [1.29, 1.82) is 0 Å². The van der Waals surface area contributed by atoms with Gasteiger partial charge in [-0.3, -0.25) is 0 Å². The Labute approximate surface area is 97.4 Å². The van der Waals surface area contributed by atoms with Gasteiger partial charge in [-0.05, 0) is 36.5 Å². The Bertz CT molecular complexity index is 380. The summed E-state index contributed by atoms with van der Waals surface area (Å²) in [6, 6.07) is 7.57. The van der Waals surface area contributed by atoms with Gasteiger partial charge in [0.1, 0.15) is 0 Å². The van der Waals surface area contributed by atoms with Crippen LogP contribution in [0.15, 0.2) is 18.2 Å². The molecule has 1 aliphatic heterocycles. The highest BCUT2D eigenvalue weighted by Crippen LogP contribution is 2.35. The fraction of sp³-hybridized carbons (Fsp3) is 0.571. The van der Waals surface area contributed by atoms with Crippen LogP contribution in [0.3, 0.4) is 0 Å². The van der Waals surface area contributed by atoms with Gasteiger partial charge in [0, 0.05) is 24.8 Å². The molecule has 1 saturated carbocycles. The van der Waals surface area contributed by atoms with E-state index >= 15 is 0 Å². The van der Waals surface area contributed by atoms with Crippen molar-refractivity contribution in [3.63, 3.8) is 0 Å². The van der Waals surface area contributed by atoms with E-state index in [4.69, 9.17) is 5.73 Å². The second-order valence-corrected chi connectivity index (χ2v) is 5.05. The Morgan fingerprint density at radius 1 is 1.25 bits per heavy atom. The molecular weight excluding hydrogens is 196 g/mol. The first-order valence-electron chi connectivity index (χ1n) is 6.47. The van der Waals surface area contributed by atoms with Crippen molar-refractivity contribution in [2.24, 2.45) is 5.73 Å². The molecule has 1 aromatic carbocycles. The minimum Gasteiger partial charge on any atom is -0.368 e. The molecule has 0 bridgehead atoms. The molecule has 1 aliphatic carbocycles. The highest BCUT2D eigenvalue weighted by atomic mass is 15.2. The molecule has 3 rings (SSSR count). The average Bonchev–Trinajstić information content (AvgIpc) is 2.96. The lowest BCUT2D eigenvalue weighted by Crippen LogP contribution is -2.31. The summed E-state index contributed by atoms with van der Waals surface area (Å²) < 4.78 is 0. The molecule has 0 spiro atoms. The fourth-order valence-electron chi connectivity index (χ4n) is 3.20. The quantitative estimate of drug-likeness (QED) is 0.822. The first-order valence-corrected chi connectivity index (χ1v) is 6.47. The number of benzene rings is 1. The Balaban J connectivity index is 1.87. The molecule has 0 amide bonds. The van der Waals surface area contributed by atoms with Crippen LogP contribution in [0.25, 0.3) is 0 Å². The van der Waals surface area contributed by atoms with Crippen LogP contribution in [0.4, 0.5) is 5.69 Å². The van der Waals surface area contributed by atoms with Gasteiger partial charge in [-0.25, -0.2) is 0 Å². The summed E-state index contributed by atoms with van der Waals surface area (Å²) in [5, 5.41) is 0. The molecule has 2 N–H and O–H groups in total. The van der Waals surface area contributed by atoms with Crippen LogP contribution in [0.2, 0.25) is 0 Å². The van der Waals surface area contributed by atoms with Crippen LogP contribution in [0.5, 0.6) is 0 Å². The minimum atomic E-state index is 0.663. The van der Waals surface area contributed by atoms with E-state index in [1.807, 2.05) is 0 Å². The van der Waals surface area contributed by atoms with Crippen LogP contribution in [-0.2, 0) is 13.0 Å². The number of hydrogen-bond donors (Lipinski definition) is 1. The maximum atomic E-state index is 5.69. The number of hydrogen-bond acceptors (Lipinski definition) is 2. The lowest BCUT2D eigenvalue weighted by Gasteiger charge is -2.26. The van der Waals surface area contributed by atoms with Gasteiger partial charge in [0.2, 0.25) is 0 Å². The van der Waals surface area contributed by atoms with Crippen LogP contribution in [0, 0.1) is 0 Å². The summed E-state index contributed by atoms with van der Waals surface area (Å²) in [7, 11) is 0. The summed E-state index contributed by atoms with van der Waals surface area (Å²) >= 11 is 0. The number of anilines is 1. The van der Waals surface area contributed by atoms with Crippen LogP contribution in [-0.4, -0.2) is 12.6 Å². The molecule has 2 nitrogen and oxygen atoms in total. The Kier molecular flexibility index (Phi) is 2.60. The van der Waals surface area contributed by atoms with E-state index in [0.29, 0.717) is 6.54 Å². The molecule has 16 heavy (non-hydrogen) atoms. The molecule has 0 radical (unpaired) electrons. The summed E-state index contributed by atoms with van der Waals surface area (Å²) in [4.78, 5) is 2.63. The highest BCUT2D eigenvalue weighted by Gasteiger charge is 2.27. The molecular formula is C14H20N2. The third-order valence-corrected chi connectivity index (χ3v) is 4.08. The molecule has 86 valence electrons. The molecule has 1 aromatic rings. The Morgan fingerprint density at radius 2 is 2.06 bits per heavy atom. The predicted octanol–water partition coefficient (Wildman–Crippen LogP) is 2.45. The molecule has 0 unspecified atom stereocenters. The van der Waals surface area contributed by atoms with Gasteiger partial charge in [0.25, 0.3) is 0 Å². The number of fused-ring (bicyclic) bond motifs is 1. The number of nitrogens with two attached hydrogens (primary N) is 1. The van der Waals surface area contributed by atoms with E-state index in [-0.39, 0.29) is 0 Å². The Hall–Kier alpha value is -1.02. The predicted molar refractivity (Wildman–Crippen MR) is 67.6 cm³/mol.